The highest BCUT2D eigenvalue weighted by molar-refractivity contribution is 6.04. The van der Waals surface area contributed by atoms with Crippen LogP contribution in [0.4, 0.5) is 19.0 Å². The molecule has 2 aliphatic heterocycles. The summed E-state index contributed by atoms with van der Waals surface area (Å²) in [4.78, 5) is 15.8. The van der Waals surface area contributed by atoms with Gasteiger partial charge in [0, 0.05) is 30.0 Å². The second-order valence-corrected chi connectivity index (χ2v) is 12.8. The Bertz CT molecular complexity index is 1890. The largest absolute Gasteiger partial charge is 0.508 e. The Morgan fingerprint density at radius 1 is 1.17 bits per heavy atom. The SMILES string of the molecule is C#Cc1c(F)ccc2cc(O)cc(-c3nc(OC(C)C)c4c(NC5CC(O)C5)nc(OC[C@@]56CCCN5C[C@H](F)C6)nc4c3F)c12. The number of hydrogen-bond donors (Lipinski definition) is 3. The molecule has 12 heteroatoms. The normalized spacial score (nSPS) is 24.3. The van der Waals surface area contributed by atoms with Gasteiger partial charge in [0.1, 0.15) is 46.8 Å². The molecule has 0 radical (unpaired) electrons. The van der Waals surface area contributed by atoms with Crippen molar-refractivity contribution >= 4 is 27.5 Å². The van der Waals surface area contributed by atoms with Crippen molar-refractivity contribution in [1.82, 2.24) is 19.9 Å². The molecule has 2 saturated heterocycles. The van der Waals surface area contributed by atoms with Gasteiger partial charge in [0.15, 0.2) is 5.82 Å². The minimum Gasteiger partial charge on any atom is -0.508 e. The second-order valence-electron chi connectivity index (χ2n) is 12.8. The highest BCUT2D eigenvalue weighted by Crippen LogP contribution is 2.43. The standard InChI is InChI=1S/C34H34F3N5O4/c1-4-23-25(36)7-6-18-10-21(43)13-24(26(18)23)29-28(37)30-27(32(39-29)46-17(2)3)31(38-20-11-22(44)12-20)41-33(40-30)45-16-34-8-5-9-42(34)15-19(35)14-34/h1,6-7,10,13,17,19-20,22,43-44H,5,8-9,11-12,14-16H2,2-3H3,(H,38,40,41)/t19-,20?,22?,34+/m1/s1. The van der Waals surface area contributed by atoms with Gasteiger partial charge in [-0.05, 0) is 69.7 Å². The number of nitrogens with zero attached hydrogens (tertiary/aromatic N) is 4. The number of benzene rings is 2. The number of hydrogen-bond acceptors (Lipinski definition) is 9. The average Bonchev–Trinajstić information content (AvgIpc) is 3.52. The van der Waals surface area contributed by atoms with Crippen molar-refractivity contribution in [2.75, 3.05) is 25.0 Å². The lowest BCUT2D eigenvalue weighted by molar-refractivity contribution is 0.0834. The molecule has 7 rings (SSSR count). The number of aromatic nitrogens is 3. The number of halogens is 3. The lowest BCUT2D eigenvalue weighted by Crippen LogP contribution is -2.43. The minimum atomic E-state index is -0.958. The van der Waals surface area contributed by atoms with E-state index in [0.717, 1.165) is 19.4 Å². The molecule has 2 aromatic carbocycles. The predicted octanol–water partition coefficient (Wildman–Crippen LogP) is 5.49. The van der Waals surface area contributed by atoms with Crippen molar-refractivity contribution < 1.29 is 32.9 Å². The number of rotatable bonds is 8. The molecule has 9 nitrogen and oxygen atoms in total. The zero-order chi connectivity index (χ0) is 32.3. The third-order valence-electron chi connectivity index (χ3n) is 9.21. The van der Waals surface area contributed by atoms with E-state index in [1.54, 1.807) is 13.8 Å². The first kappa shape index (κ1) is 30.3. The van der Waals surface area contributed by atoms with Gasteiger partial charge in [-0.2, -0.15) is 9.97 Å². The van der Waals surface area contributed by atoms with Gasteiger partial charge < -0.3 is 25.0 Å². The van der Waals surface area contributed by atoms with Crippen LogP contribution in [0, 0.1) is 24.0 Å². The first-order valence-electron chi connectivity index (χ1n) is 15.5. The van der Waals surface area contributed by atoms with Crippen molar-refractivity contribution in [2.24, 2.45) is 0 Å². The van der Waals surface area contributed by atoms with E-state index in [9.17, 15) is 19.0 Å². The van der Waals surface area contributed by atoms with Crippen molar-refractivity contribution in [1.29, 1.82) is 0 Å². The quantitative estimate of drug-likeness (QED) is 0.217. The van der Waals surface area contributed by atoms with Crippen LogP contribution in [-0.2, 0) is 0 Å². The molecule has 2 aromatic heterocycles. The number of nitrogens with one attached hydrogen (secondary N) is 1. The predicted molar refractivity (Wildman–Crippen MR) is 167 cm³/mol. The van der Waals surface area contributed by atoms with Gasteiger partial charge in [-0.25, -0.2) is 18.2 Å². The van der Waals surface area contributed by atoms with E-state index in [1.807, 2.05) is 0 Å². The summed E-state index contributed by atoms with van der Waals surface area (Å²) in [5, 5.41) is 24.5. The molecular formula is C34H34F3N5O4. The first-order valence-corrected chi connectivity index (χ1v) is 15.5. The molecule has 3 N–H and O–H groups in total. The average molecular weight is 634 g/mol. The van der Waals surface area contributed by atoms with E-state index in [1.165, 1.54) is 24.3 Å². The molecule has 4 aromatic rings. The van der Waals surface area contributed by atoms with Gasteiger partial charge in [-0.1, -0.05) is 12.0 Å². The summed E-state index contributed by atoms with van der Waals surface area (Å²) in [6, 6.07) is 5.03. The number of pyridine rings is 1. The van der Waals surface area contributed by atoms with Crippen LogP contribution in [0.5, 0.6) is 17.6 Å². The number of phenolic OH excluding ortho intramolecular Hbond substituents is 1. The smallest absolute Gasteiger partial charge is 0.319 e. The number of terminal acetylenes is 1. The molecule has 3 fully saturated rings. The summed E-state index contributed by atoms with van der Waals surface area (Å²) in [7, 11) is 0. The van der Waals surface area contributed by atoms with Crippen molar-refractivity contribution in [2.45, 2.75) is 75.9 Å². The second kappa shape index (κ2) is 11.5. The number of aromatic hydroxyl groups is 1. The number of fused-ring (bicyclic) bond motifs is 3. The summed E-state index contributed by atoms with van der Waals surface area (Å²) in [6.45, 7) is 4.81. The summed E-state index contributed by atoms with van der Waals surface area (Å²) in [6.07, 6.45) is 6.80. The first-order chi connectivity index (χ1) is 22.0. The monoisotopic (exact) mass is 633 g/mol. The zero-order valence-corrected chi connectivity index (χ0v) is 25.5. The van der Waals surface area contributed by atoms with Crippen LogP contribution in [0.2, 0.25) is 0 Å². The van der Waals surface area contributed by atoms with Crippen LogP contribution in [-0.4, -0.2) is 79.7 Å². The van der Waals surface area contributed by atoms with E-state index in [0.29, 0.717) is 31.2 Å². The molecule has 46 heavy (non-hydrogen) atoms. The van der Waals surface area contributed by atoms with Crippen molar-refractivity contribution in [3.63, 3.8) is 0 Å². The van der Waals surface area contributed by atoms with Crippen LogP contribution in [0.1, 0.15) is 51.5 Å². The molecule has 0 spiro atoms. The molecule has 0 amide bonds. The number of aliphatic hydroxyl groups is 1. The molecule has 0 unspecified atom stereocenters. The molecule has 240 valence electrons. The Labute approximate surface area is 263 Å². The molecule has 2 atom stereocenters. The van der Waals surface area contributed by atoms with E-state index in [-0.39, 0.29) is 69.2 Å². The maximum absolute atomic E-state index is 16.9. The Kier molecular flexibility index (Phi) is 7.56. The van der Waals surface area contributed by atoms with Gasteiger partial charge in [-0.15, -0.1) is 6.42 Å². The van der Waals surface area contributed by atoms with Crippen molar-refractivity contribution in [3.05, 3.63) is 41.5 Å². The van der Waals surface area contributed by atoms with Gasteiger partial charge >= 0.3 is 6.01 Å². The van der Waals surface area contributed by atoms with Crippen LogP contribution in [0.3, 0.4) is 0 Å². The number of phenols is 1. The van der Waals surface area contributed by atoms with E-state index < -0.39 is 35.6 Å². The van der Waals surface area contributed by atoms with Gasteiger partial charge in [0.25, 0.3) is 0 Å². The van der Waals surface area contributed by atoms with E-state index in [4.69, 9.17) is 15.9 Å². The molecule has 1 saturated carbocycles. The Morgan fingerprint density at radius 2 is 1.98 bits per heavy atom. The fourth-order valence-corrected chi connectivity index (χ4v) is 7.08. The summed E-state index contributed by atoms with van der Waals surface area (Å²) >= 11 is 0. The lowest BCUT2D eigenvalue weighted by atomic mass is 9.89. The van der Waals surface area contributed by atoms with Gasteiger partial charge in [-0.3, -0.25) is 4.90 Å². The third kappa shape index (κ3) is 5.21. The fourth-order valence-electron chi connectivity index (χ4n) is 7.08. The number of ether oxygens (including phenoxy) is 2. The van der Waals surface area contributed by atoms with Gasteiger partial charge in [0.05, 0.1) is 23.3 Å². The number of anilines is 1. The zero-order valence-electron chi connectivity index (χ0n) is 25.5. The van der Waals surface area contributed by atoms with Crippen LogP contribution < -0.4 is 14.8 Å². The molecule has 4 heterocycles. The summed E-state index contributed by atoms with van der Waals surface area (Å²) in [5.41, 5.74) is -1.00. The highest BCUT2D eigenvalue weighted by atomic mass is 19.1. The Balaban J connectivity index is 1.43. The van der Waals surface area contributed by atoms with Crippen LogP contribution in [0.25, 0.3) is 32.9 Å². The van der Waals surface area contributed by atoms with Crippen LogP contribution in [0.15, 0.2) is 24.3 Å². The third-order valence-corrected chi connectivity index (χ3v) is 9.21. The van der Waals surface area contributed by atoms with E-state index >= 15 is 4.39 Å². The fraction of sp³-hybridized carbons (Fsp3) is 0.441. The molecule has 0 bridgehead atoms. The summed E-state index contributed by atoms with van der Waals surface area (Å²) < 4.78 is 58.5. The molecular weight excluding hydrogens is 599 g/mol. The van der Waals surface area contributed by atoms with E-state index in [2.05, 4.69) is 31.1 Å². The summed E-state index contributed by atoms with van der Waals surface area (Å²) in [5.74, 6) is 0.778. The van der Waals surface area contributed by atoms with Crippen LogP contribution >= 0.6 is 0 Å². The Hall–Kier alpha value is -4.34. The maximum atomic E-state index is 16.9. The highest BCUT2D eigenvalue weighted by Gasteiger charge is 2.49. The molecule has 3 aliphatic rings. The minimum absolute atomic E-state index is 0.00195. The van der Waals surface area contributed by atoms with Crippen molar-refractivity contribution in [3.8, 4) is 41.2 Å². The topological polar surface area (TPSA) is 113 Å². The Morgan fingerprint density at radius 3 is 2.72 bits per heavy atom. The number of aliphatic hydroxyl groups excluding tert-OH is 1. The molecule has 1 aliphatic carbocycles. The lowest BCUT2D eigenvalue weighted by Gasteiger charge is -2.33. The van der Waals surface area contributed by atoms with Gasteiger partial charge in [0.2, 0.25) is 5.88 Å². The maximum Gasteiger partial charge on any atom is 0.319 e. The number of alkyl halides is 1.